The van der Waals surface area contributed by atoms with E-state index in [1.54, 1.807) is 20.8 Å². The minimum Gasteiger partial charge on any atom is -0.693 e. The first kappa shape index (κ1) is 53.1. The molecule has 91 valence electrons. The number of carboxylic acids is 1. The van der Waals surface area contributed by atoms with Gasteiger partial charge in [-0.3, -0.25) is 4.79 Å². The van der Waals surface area contributed by atoms with E-state index in [9.17, 15) is 4.79 Å². The van der Waals surface area contributed by atoms with Crippen LogP contribution in [0.1, 0.15) is 20.8 Å². The van der Waals surface area contributed by atoms with Crippen molar-refractivity contribution >= 4 is 5.97 Å². The molecule has 0 aromatic heterocycles. The number of hydrogen-bond donors (Lipinski definition) is 5. The van der Waals surface area contributed by atoms with Gasteiger partial charge in [0.2, 0.25) is 0 Å². The van der Waals surface area contributed by atoms with Crippen molar-refractivity contribution < 1.29 is 26.7 Å². The molecular formula is C5H24CoN5O2-. The van der Waals surface area contributed by atoms with Crippen molar-refractivity contribution in [3.63, 3.8) is 0 Å². The molecule has 0 aromatic carbocycles. The minimum atomic E-state index is -0.757. The SMILES string of the molecule is CC(C)(C)C(=O)O.N.N.N.N.[Co].[NH2-]. The molecule has 0 atom stereocenters. The van der Waals surface area contributed by atoms with Crippen LogP contribution in [0.4, 0.5) is 0 Å². The van der Waals surface area contributed by atoms with Gasteiger partial charge in [0.05, 0.1) is 5.41 Å². The summed E-state index contributed by atoms with van der Waals surface area (Å²) in [5, 5.41) is 8.25. The second-order valence-electron chi connectivity index (χ2n) is 2.56. The van der Waals surface area contributed by atoms with Crippen molar-refractivity contribution in [2.45, 2.75) is 20.8 Å². The average Bonchev–Trinajstić information content (AvgIpc) is 1.31. The maximum atomic E-state index is 10.0. The van der Waals surface area contributed by atoms with E-state index in [1.165, 1.54) is 0 Å². The van der Waals surface area contributed by atoms with E-state index in [1.807, 2.05) is 0 Å². The zero-order chi connectivity index (χ0) is 6.08. The number of rotatable bonds is 0. The van der Waals surface area contributed by atoms with E-state index >= 15 is 0 Å². The van der Waals surface area contributed by atoms with E-state index in [4.69, 9.17) is 5.11 Å². The first-order chi connectivity index (χ1) is 2.94. The molecule has 0 amide bonds. The van der Waals surface area contributed by atoms with Gasteiger partial charge in [-0.1, -0.05) is 0 Å². The summed E-state index contributed by atoms with van der Waals surface area (Å²) < 4.78 is 0. The summed E-state index contributed by atoms with van der Waals surface area (Å²) in [5.74, 6) is -0.757. The Hall–Kier alpha value is -0.224. The first-order valence-corrected chi connectivity index (χ1v) is 2.18. The smallest absolute Gasteiger partial charge is 0.308 e. The molecular weight excluding hydrogens is 221 g/mol. The molecule has 8 heteroatoms. The van der Waals surface area contributed by atoms with Gasteiger partial charge >= 0.3 is 5.97 Å². The first-order valence-electron chi connectivity index (χ1n) is 2.18. The maximum Gasteiger partial charge on any atom is 0.308 e. The Morgan fingerprint density at radius 1 is 1.00 bits per heavy atom. The van der Waals surface area contributed by atoms with Gasteiger partial charge in [0.1, 0.15) is 0 Å². The Bertz CT molecular complexity index is 95.4. The molecule has 0 saturated heterocycles. The van der Waals surface area contributed by atoms with Crippen molar-refractivity contribution in [2.75, 3.05) is 0 Å². The van der Waals surface area contributed by atoms with Gasteiger partial charge in [0.15, 0.2) is 0 Å². The monoisotopic (exact) mass is 245 g/mol. The van der Waals surface area contributed by atoms with Crippen LogP contribution < -0.4 is 24.6 Å². The third kappa shape index (κ3) is 33.7. The molecule has 0 spiro atoms. The van der Waals surface area contributed by atoms with E-state index < -0.39 is 11.4 Å². The molecule has 0 rings (SSSR count). The minimum absolute atomic E-state index is 0. The van der Waals surface area contributed by atoms with Crippen molar-refractivity contribution in [2.24, 2.45) is 5.41 Å². The van der Waals surface area contributed by atoms with Crippen LogP contribution >= 0.6 is 0 Å². The zero-order valence-electron chi connectivity index (χ0n) is 8.59. The Labute approximate surface area is 90.2 Å². The van der Waals surface area contributed by atoms with Crippen LogP contribution in [0.2, 0.25) is 0 Å². The summed E-state index contributed by atoms with van der Waals surface area (Å²) in [4.78, 5) is 10.0. The molecule has 0 unspecified atom stereocenters. The zero-order valence-corrected chi connectivity index (χ0v) is 9.64. The number of aliphatic carboxylic acids is 1. The van der Waals surface area contributed by atoms with Crippen molar-refractivity contribution in [1.29, 1.82) is 0 Å². The Morgan fingerprint density at radius 3 is 1.08 bits per heavy atom. The van der Waals surface area contributed by atoms with Gasteiger partial charge in [0, 0.05) is 16.8 Å². The fraction of sp³-hybridized carbons (Fsp3) is 0.800. The molecule has 15 N–H and O–H groups in total. The second kappa shape index (κ2) is 17.8. The Balaban J connectivity index is -0.0000000120. The molecule has 0 aromatic rings. The average molecular weight is 245 g/mol. The molecule has 0 aliphatic heterocycles. The van der Waals surface area contributed by atoms with Crippen LogP contribution in [-0.2, 0) is 21.6 Å². The molecule has 0 aliphatic rings. The summed E-state index contributed by atoms with van der Waals surface area (Å²) in [5.41, 5.74) is -0.583. The largest absolute Gasteiger partial charge is 0.693 e. The number of nitrogens with two attached hydrogens (primary N) is 1. The maximum absolute atomic E-state index is 10.0. The summed E-state index contributed by atoms with van der Waals surface area (Å²) in [6.07, 6.45) is 0. The number of carboxylic acid groups (broad SMARTS) is 1. The van der Waals surface area contributed by atoms with Gasteiger partial charge in [-0.15, -0.1) is 0 Å². The van der Waals surface area contributed by atoms with Crippen LogP contribution in [0.3, 0.4) is 0 Å². The number of hydrogen-bond acceptors (Lipinski definition) is 5. The van der Waals surface area contributed by atoms with Crippen molar-refractivity contribution in [1.82, 2.24) is 24.6 Å². The topological polar surface area (TPSA) is 211 Å². The Morgan fingerprint density at radius 2 is 1.08 bits per heavy atom. The normalized spacial score (nSPS) is 6.08. The van der Waals surface area contributed by atoms with Crippen LogP contribution in [0.15, 0.2) is 0 Å². The summed E-state index contributed by atoms with van der Waals surface area (Å²) >= 11 is 0. The van der Waals surface area contributed by atoms with Gasteiger partial charge in [0.25, 0.3) is 0 Å². The molecule has 7 nitrogen and oxygen atoms in total. The number of carbonyl (C=O) groups is 1. The standard InChI is InChI=1S/C5H10O2.Co.4H3N.H2N/c1-5(2,3)4(6)7;;;;;;/h1-3H3,(H,6,7);;4*1H3;1H2/q;;;;;;-1. The fourth-order valence-electron chi connectivity index (χ4n) is 0. The van der Waals surface area contributed by atoms with Crippen molar-refractivity contribution in [3.05, 3.63) is 6.15 Å². The van der Waals surface area contributed by atoms with E-state index in [0.717, 1.165) is 0 Å². The predicted octanol–water partition coefficient (Wildman–Crippen LogP) is 2.48. The summed E-state index contributed by atoms with van der Waals surface area (Å²) in [7, 11) is 0. The van der Waals surface area contributed by atoms with Gasteiger partial charge in [-0.25, -0.2) is 0 Å². The summed E-state index contributed by atoms with van der Waals surface area (Å²) in [6, 6.07) is 0. The van der Waals surface area contributed by atoms with Crippen LogP contribution in [0, 0.1) is 5.41 Å². The van der Waals surface area contributed by atoms with Crippen LogP contribution in [0.5, 0.6) is 0 Å². The molecule has 1 radical (unpaired) electrons. The quantitative estimate of drug-likeness (QED) is 0.431. The molecule has 0 fully saturated rings. The van der Waals surface area contributed by atoms with Crippen LogP contribution in [0.25, 0.3) is 6.15 Å². The third-order valence-electron chi connectivity index (χ3n) is 0.642. The predicted molar refractivity (Wildman–Crippen MR) is 52.5 cm³/mol. The van der Waals surface area contributed by atoms with Gasteiger partial charge < -0.3 is 35.9 Å². The second-order valence-corrected chi connectivity index (χ2v) is 2.56. The van der Waals surface area contributed by atoms with Gasteiger partial charge in [-0.2, -0.15) is 0 Å². The third-order valence-corrected chi connectivity index (χ3v) is 0.642. The molecule has 13 heavy (non-hydrogen) atoms. The fourth-order valence-corrected chi connectivity index (χ4v) is 0. The van der Waals surface area contributed by atoms with E-state index in [0.29, 0.717) is 0 Å². The molecule has 0 heterocycles. The van der Waals surface area contributed by atoms with E-state index in [-0.39, 0.29) is 47.5 Å². The van der Waals surface area contributed by atoms with E-state index in [2.05, 4.69) is 0 Å². The van der Waals surface area contributed by atoms with Gasteiger partial charge in [-0.05, 0) is 20.8 Å². The molecule has 0 saturated carbocycles. The molecule has 0 aliphatic carbocycles. The van der Waals surface area contributed by atoms with Crippen LogP contribution in [-0.4, -0.2) is 11.1 Å². The molecule has 0 bridgehead atoms. The van der Waals surface area contributed by atoms with Crippen molar-refractivity contribution in [3.8, 4) is 0 Å². The Kier molecular flexibility index (Phi) is 72.5. The summed E-state index contributed by atoms with van der Waals surface area (Å²) in [6.45, 7) is 4.99.